The van der Waals surface area contributed by atoms with Gasteiger partial charge in [0.1, 0.15) is 16.7 Å². The molecule has 0 saturated carbocycles. The second kappa shape index (κ2) is 10.2. The molecule has 3 rings (SSSR count). The van der Waals surface area contributed by atoms with Crippen molar-refractivity contribution in [1.29, 1.82) is 0 Å². The highest BCUT2D eigenvalue weighted by Crippen LogP contribution is 2.35. The van der Waals surface area contributed by atoms with Crippen LogP contribution < -0.4 is 15.5 Å². The Hall–Kier alpha value is -3.54. The number of hydrazone groups is 1. The number of rotatable bonds is 7. The van der Waals surface area contributed by atoms with Crippen LogP contribution in [0.25, 0.3) is 0 Å². The van der Waals surface area contributed by atoms with Crippen LogP contribution in [0.5, 0.6) is 5.75 Å². The number of anilines is 3. The van der Waals surface area contributed by atoms with Gasteiger partial charge in [0.15, 0.2) is 0 Å². The molecule has 0 saturated heterocycles. The zero-order valence-electron chi connectivity index (χ0n) is 17.2. The van der Waals surface area contributed by atoms with Crippen LogP contribution in [0.15, 0.2) is 59.7 Å². The lowest BCUT2D eigenvalue weighted by molar-refractivity contribution is -0.274. The van der Waals surface area contributed by atoms with E-state index in [0.717, 1.165) is 19.1 Å². The van der Waals surface area contributed by atoms with Crippen LogP contribution in [0.1, 0.15) is 24.0 Å². The van der Waals surface area contributed by atoms with E-state index in [1.807, 2.05) is 0 Å². The molecule has 13 heteroatoms. The van der Waals surface area contributed by atoms with Gasteiger partial charge in [-0.25, -0.2) is 5.43 Å². The van der Waals surface area contributed by atoms with Gasteiger partial charge >= 0.3 is 12.5 Å². The van der Waals surface area contributed by atoms with Gasteiger partial charge in [0.2, 0.25) is 5.95 Å². The van der Waals surface area contributed by atoms with E-state index in [1.165, 1.54) is 42.6 Å². The molecular formula is C21H16ClF6N5O. The predicted molar refractivity (Wildman–Crippen MR) is 116 cm³/mol. The summed E-state index contributed by atoms with van der Waals surface area (Å²) in [6, 6.07) is 12.1. The first-order valence-electron chi connectivity index (χ1n) is 9.52. The number of alkyl halides is 6. The predicted octanol–water partition coefficient (Wildman–Crippen LogP) is 6.88. The second-order valence-electron chi connectivity index (χ2n) is 6.90. The third-order valence-electron chi connectivity index (χ3n) is 4.34. The zero-order valence-corrected chi connectivity index (χ0v) is 18.0. The Kier molecular flexibility index (Phi) is 7.50. The van der Waals surface area contributed by atoms with Gasteiger partial charge in [-0.15, -0.1) is 13.2 Å². The molecule has 2 N–H and O–H groups in total. The van der Waals surface area contributed by atoms with E-state index in [2.05, 4.69) is 30.5 Å². The summed E-state index contributed by atoms with van der Waals surface area (Å²) in [6.45, 7) is 1.07. The maximum absolute atomic E-state index is 13.0. The standard InChI is InChI=1S/C21H16ClF6N5O/c1-12(20(23,24)25)14-3-2-4-15(9-14)30-18-10-17(22)31-19(32-18)33-29-11-13-5-7-16(8-6-13)34-21(26,27)28/h2-12H,1H3,(H2,30,31,32,33)/b29-11+. The Morgan fingerprint density at radius 1 is 1.00 bits per heavy atom. The van der Waals surface area contributed by atoms with Crippen LogP contribution in [0.4, 0.5) is 43.8 Å². The molecule has 0 radical (unpaired) electrons. The van der Waals surface area contributed by atoms with Crippen molar-refractivity contribution in [3.8, 4) is 5.75 Å². The van der Waals surface area contributed by atoms with E-state index in [9.17, 15) is 26.3 Å². The number of benzene rings is 2. The Bertz CT molecular complexity index is 1150. The molecule has 0 aliphatic rings. The zero-order chi connectivity index (χ0) is 24.9. The first kappa shape index (κ1) is 25.1. The fourth-order valence-corrected chi connectivity index (χ4v) is 2.86. The van der Waals surface area contributed by atoms with Crippen LogP contribution in [-0.4, -0.2) is 28.7 Å². The third-order valence-corrected chi connectivity index (χ3v) is 4.53. The molecule has 0 amide bonds. The molecule has 0 spiro atoms. The normalized spacial score (nSPS) is 13.1. The number of ether oxygens (including phenoxy) is 1. The minimum atomic E-state index is -4.79. The number of nitrogens with zero attached hydrogens (tertiary/aromatic N) is 3. The first-order valence-corrected chi connectivity index (χ1v) is 9.90. The first-order chi connectivity index (χ1) is 15.9. The summed E-state index contributed by atoms with van der Waals surface area (Å²) in [6.07, 6.45) is -7.86. The van der Waals surface area contributed by atoms with Gasteiger partial charge in [-0.2, -0.15) is 28.2 Å². The molecule has 1 unspecified atom stereocenters. The fraction of sp³-hybridized carbons (Fsp3) is 0.190. The average molecular weight is 504 g/mol. The topological polar surface area (TPSA) is 71.4 Å². The average Bonchev–Trinajstić information content (AvgIpc) is 2.72. The summed E-state index contributed by atoms with van der Waals surface area (Å²) in [4.78, 5) is 8.07. The van der Waals surface area contributed by atoms with Crippen molar-refractivity contribution in [3.05, 3.63) is 70.9 Å². The lowest BCUT2D eigenvalue weighted by Gasteiger charge is -2.17. The van der Waals surface area contributed by atoms with Crippen molar-refractivity contribution in [1.82, 2.24) is 9.97 Å². The molecule has 1 atom stereocenters. The summed E-state index contributed by atoms with van der Waals surface area (Å²) in [5.41, 5.74) is 3.42. The van der Waals surface area contributed by atoms with Crippen LogP contribution in [0, 0.1) is 0 Å². The lowest BCUT2D eigenvalue weighted by Crippen LogP contribution is -2.17. The number of hydrogen-bond donors (Lipinski definition) is 2. The molecule has 3 aromatic rings. The van der Waals surface area contributed by atoms with Gasteiger partial charge in [0, 0.05) is 11.8 Å². The van der Waals surface area contributed by atoms with E-state index in [1.54, 1.807) is 6.07 Å². The number of halogens is 7. The van der Waals surface area contributed by atoms with Crippen molar-refractivity contribution >= 4 is 35.3 Å². The largest absolute Gasteiger partial charge is 0.573 e. The molecule has 34 heavy (non-hydrogen) atoms. The van der Waals surface area contributed by atoms with E-state index in [0.29, 0.717) is 11.3 Å². The quantitative estimate of drug-likeness (QED) is 0.159. The monoisotopic (exact) mass is 503 g/mol. The van der Waals surface area contributed by atoms with Gasteiger partial charge in [-0.1, -0.05) is 23.7 Å². The summed E-state index contributed by atoms with van der Waals surface area (Å²) in [5, 5.41) is 6.79. The Labute approximate surface area is 194 Å². The fourth-order valence-electron chi connectivity index (χ4n) is 2.67. The molecule has 180 valence electrons. The van der Waals surface area contributed by atoms with Crippen LogP contribution in [-0.2, 0) is 0 Å². The lowest BCUT2D eigenvalue weighted by atomic mass is 10.0. The van der Waals surface area contributed by atoms with E-state index in [-0.39, 0.29) is 28.2 Å². The molecular weight excluding hydrogens is 488 g/mol. The van der Waals surface area contributed by atoms with Crippen LogP contribution in [0.3, 0.4) is 0 Å². The number of aromatic nitrogens is 2. The second-order valence-corrected chi connectivity index (χ2v) is 7.29. The van der Waals surface area contributed by atoms with Gasteiger partial charge in [0.25, 0.3) is 0 Å². The Balaban J connectivity index is 1.68. The Morgan fingerprint density at radius 3 is 2.35 bits per heavy atom. The molecule has 2 aromatic carbocycles. The summed E-state index contributed by atoms with van der Waals surface area (Å²) >= 11 is 5.99. The molecule has 0 fully saturated rings. The van der Waals surface area contributed by atoms with Crippen molar-refractivity contribution < 1.29 is 31.1 Å². The van der Waals surface area contributed by atoms with Crippen LogP contribution in [0.2, 0.25) is 5.15 Å². The van der Waals surface area contributed by atoms with Gasteiger partial charge in [-0.05, 0) is 54.4 Å². The number of hydrogen-bond acceptors (Lipinski definition) is 6. The smallest absolute Gasteiger partial charge is 0.406 e. The SMILES string of the molecule is CC(c1cccc(Nc2cc(Cl)nc(N/N=C/c3ccc(OC(F)(F)F)cc3)n2)c1)C(F)(F)F. The molecule has 6 nitrogen and oxygen atoms in total. The molecule has 0 bridgehead atoms. The van der Waals surface area contributed by atoms with E-state index < -0.39 is 18.5 Å². The third kappa shape index (κ3) is 7.51. The van der Waals surface area contributed by atoms with Crippen LogP contribution >= 0.6 is 11.6 Å². The minimum absolute atomic E-state index is 0.0249. The van der Waals surface area contributed by atoms with Crippen molar-refractivity contribution in [2.75, 3.05) is 10.7 Å². The number of nitrogens with one attached hydrogen (secondary N) is 2. The summed E-state index contributed by atoms with van der Waals surface area (Å²) in [5.74, 6) is -1.85. The molecule has 1 aromatic heterocycles. The van der Waals surface area contributed by atoms with Crippen molar-refractivity contribution in [2.24, 2.45) is 5.10 Å². The van der Waals surface area contributed by atoms with Gasteiger partial charge in [0.05, 0.1) is 12.1 Å². The summed E-state index contributed by atoms with van der Waals surface area (Å²) in [7, 11) is 0. The molecule has 0 aliphatic carbocycles. The summed E-state index contributed by atoms with van der Waals surface area (Å²) < 4.78 is 79.4. The van der Waals surface area contributed by atoms with Gasteiger partial charge < -0.3 is 10.1 Å². The van der Waals surface area contributed by atoms with E-state index >= 15 is 0 Å². The van der Waals surface area contributed by atoms with Crippen molar-refractivity contribution in [3.63, 3.8) is 0 Å². The maximum atomic E-state index is 13.0. The van der Waals surface area contributed by atoms with Crippen molar-refractivity contribution in [2.45, 2.75) is 25.4 Å². The highest BCUT2D eigenvalue weighted by atomic mass is 35.5. The Morgan fingerprint density at radius 2 is 1.71 bits per heavy atom. The highest BCUT2D eigenvalue weighted by molar-refractivity contribution is 6.29. The molecule has 1 heterocycles. The maximum Gasteiger partial charge on any atom is 0.573 e. The van der Waals surface area contributed by atoms with Gasteiger partial charge in [-0.3, -0.25) is 0 Å². The molecule has 0 aliphatic heterocycles. The van der Waals surface area contributed by atoms with E-state index in [4.69, 9.17) is 11.6 Å². The minimum Gasteiger partial charge on any atom is -0.406 e. The highest BCUT2D eigenvalue weighted by Gasteiger charge is 2.37.